The van der Waals surface area contributed by atoms with Crippen LogP contribution in [-0.2, 0) is 4.79 Å². The Morgan fingerprint density at radius 1 is 1.41 bits per heavy atom. The van der Waals surface area contributed by atoms with Crippen molar-refractivity contribution in [3.8, 4) is 0 Å². The molecule has 0 aliphatic carbocycles. The molecular weight excluding hydrogens is 220 g/mol. The molecule has 1 aromatic rings. The van der Waals surface area contributed by atoms with Crippen LogP contribution in [0.5, 0.6) is 0 Å². The Balaban J connectivity index is 3.01. The minimum absolute atomic E-state index is 0.0209. The van der Waals surface area contributed by atoms with Crippen molar-refractivity contribution in [2.24, 2.45) is 0 Å². The fourth-order valence-electron chi connectivity index (χ4n) is 1.23. The quantitative estimate of drug-likeness (QED) is 0.456. The molecule has 5 nitrogen and oxygen atoms in total. The molecule has 0 aliphatic heterocycles. The number of hydrogen-bond acceptors (Lipinski definition) is 3. The van der Waals surface area contributed by atoms with Gasteiger partial charge in [-0.1, -0.05) is 6.07 Å². The zero-order chi connectivity index (χ0) is 13.0. The molecule has 0 saturated heterocycles. The highest BCUT2D eigenvalue weighted by molar-refractivity contribution is 5.91. The molecule has 0 aromatic heterocycles. The number of carbonyl (C=O) groups excluding carboxylic acids is 1. The lowest BCUT2D eigenvalue weighted by Gasteiger charge is -2.05. The average molecular weight is 234 g/mol. The van der Waals surface area contributed by atoms with Gasteiger partial charge in [0.05, 0.1) is 4.92 Å². The van der Waals surface area contributed by atoms with Crippen molar-refractivity contribution >= 4 is 17.7 Å². The summed E-state index contributed by atoms with van der Waals surface area (Å²) in [7, 11) is 3.29. The number of benzene rings is 1. The van der Waals surface area contributed by atoms with Gasteiger partial charge in [-0.3, -0.25) is 14.9 Å². The Bertz CT molecular complexity index is 479. The maximum absolute atomic E-state index is 11.4. The van der Waals surface area contributed by atoms with Gasteiger partial charge in [-0.05, 0) is 24.1 Å². The van der Waals surface area contributed by atoms with E-state index in [0.29, 0.717) is 5.56 Å². The van der Waals surface area contributed by atoms with E-state index in [9.17, 15) is 14.9 Å². The van der Waals surface area contributed by atoms with Gasteiger partial charge in [-0.2, -0.15) is 0 Å². The fraction of sp³-hybridized carbons (Fsp3) is 0.250. The van der Waals surface area contributed by atoms with E-state index in [2.05, 4.69) is 0 Å². The zero-order valence-corrected chi connectivity index (χ0v) is 10.0. The zero-order valence-electron chi connectivity index (χ0n) is 10.0. The van der Waals surface area contributed by atoms with Crippen molar-refractivity contribution in [3.05, 3.63) is 45.5 Å². The third-order valence-corrected chi connectivity index (χ3v) is 2.32. The Morgan fingerprint density at radius 2 is 2.06 bits per heavy atom. The summed E-state index contributed by atoms with van der Waals surface area (Å²) in [6.07, 6.45) is 2.98. The molecule has 0 N–H and O–H groups in total. The van der Waals surface area contributed by atoms with Crippen molar-refractivity contribution in [2.75, 3.05) is 14.1 Å². The second-order valence-corrected chi connectivity index (χ2v) is 3.86. The van der Waals surface area contributed by atoms with Crippen molar-refractivity contribution < 1.29 is 9.72 Å². The minimum Gasteiger partial charge on any atom is -0.345 e. The average Bonchev–Trinajstić information content (AvgIpc) is 2.26. The SMILES string of the molecule is Cc1ccc([N+](=O)[O-])cc1/C=C/C(=O)N(C)C. The number of nitrogens with zero attached hydrogens (tertiary/aromatic N) is 2. The van der Waals surface area contributed by atoms with E-state index in [4.69, 9.17) is 0 Å². The number of likely N-dealkylation sites (N-methyl/N-ethyl adjacent to an activating group) is 1. The molecule has 0 spiro atoms. The fourth-order valence-corrected chi connectivity index (χ4v) is 1.23. The first-order valence-electron chi connectivity index (χ1n) is 5.06. The van der Waals surface area contributed by atoms with E-state index in [-0.39, 0.29) is 11.6 Å². The predicted molar refractivity (Wildman–Crippen MR) is 65.6 cm³/mol. The van der Waals surface area contributed by atoms with Crippen LogP contribution in [0.4, 0.5) is 5.69 Å². The van der Waals surface area contributed by atoms with Gasteiger partial charge in [0, 0.05) is 32.3 Å². The summed E-state index contributed by atoms with van der Waals surface area (Å²) in [5.74, 6) is -0.157. The van der Waals surface area contributed by atoms with E-state index >= 15 is 0 Å². The van der Waals surface area contributed by atoms with Gasteiger partial charge >= 0.3 is 0 Å². The first kappa shape index (κ1) is 12.9. The second-order valence-electron chi connectivity index (χ2n) is 3.86. The first-order chi connectivity index (χ1) is 7.91. The number of non-ortho nitro benzene ring substituents is 1. The third kappa shape index (κ3) is 3.41. The van der Waals surface area contributed by atoms with E-state index < -0.39 is 4.92 Å². The number of nitro groups is 1. The Labute approximate surface area is 99.5 Å². The summed E-state index contributed by atoms with van der Waals surface area (Å²) >= 11 is 0. The lowest BCUT2D eigenvalue weighted by atomic mass is 10.1. The molecule has 90 valence electrons. The van der Waals surface area contributed by atoms with E-state index in [1.807, 2.05) is 6.92 Å². The molecule has 0 atom stereocenters. The lowest BCUT2D eigenvalue weighted by Crippen LogP contribution is -2.18. The Morgan fingerprint density at radius 3 is 2.59 bits per heavy atom. The van der Waals surface area contributed by atoms with Gasteiger partial charge in [-0.25, -0.2) is 0 Å². The van der Waals surface area contributed by atoms with E-state index in [0.717, 1.165) is 5.56 Å². The molecule has 0 unspecified atom stereocenters. The largest absolute Gasteiger partial charge is 0.345 e. The number of nitro benzene ring substituents is 1. The lowest BCUT2D eigenvalue weighted by molar-refractivity contribution is -0.384. The van der Waals surface area contributed by atoms with Crippen LogP contribution in [-0.4, -0.2) is 29.8 Å². The monoisotopic (exact) mass is 234 g/mol. The summed E-state index contributed by atoms with van der Waals surface area (Å²) in [5.41, 5.74) is 1.58. The van der Waals surface area contributed by atoms with Crippen molar-refractivity contribution in [1.82, 2.24) is 4.90 Å². The van der Waals surface area contributed by atoms with E-state index in [1.165, 1.54) is 23.1 Å². The number of amides is 1. The van der Waals surface area contributed by atoms with Crippen LogP contribution in [0.15, 0.2) is 24.3 Å². The molecule has 5 heteroatoms. The summed E-state index contributed by atoms with van der Waals surface area (Å²) in [6.45, 7) is 1.84. The smallest absolute Gasteiger partial charge is 0.270 e. The molecule has 0 heterocycles. The Hall–Kier alpha value is -2.17. The molecule has 17 heavy (non-hydrogen) atoms. The maximum Gasteiger partial charge on any atom is 0.270 e. The first-order valence-corrected chi connectivity index (χ1v) is 5.06. The molecule has 0 bridgehead atoms. The molecule has 1 rings (SSSR count). The highest BCUT2D eigenvalue weighted by Crippen LogP contribution is 2.18. The highest BCUT2D eigenvalue weighted by atomic mass is 16.6. The summed E-state index contributed by atoms with van der Waals surface area (Å²) in [5, 5.41) is 10.6. The second kappa shape index (κ2) is 5.25. The van der Waals surface area contributed by atoms with Gasteiger partial charge in [0.15, 0.2) is 0 Å². The molecule has 1 amide bonds. The molecule has 0 saturated carbocycles. The van der Waals surface area contributed by atoms with Crippen LogP contribution in [0.25, 0.3) is 6.08 Å². The topological polar surface area (TPSA) is 63.5 Å². The van der Waals surface area contributed by atoms with Crippen LogP contribution < -0.4 is 0 Å². The van der Waals surface area contributed by atoms with Gasteiger partial charge in [0.2, 0.25) is 5.91 Å². The molecule has 1 aromatic carbocycles. The summed E-state index contributed by atoms with van der Waals surface area (Å²) in [6, 6.07) is 4.56. The molecule has 0 fully saturated rings. The van der Waals surface area contributed by atoms with Crippen molar-refractivity contribution in [1.29, 1.82) is 0 Å². The number of rotatable bonds is 3. The van der Waals surface area contributed by atoms with E-state index in [1.54, 1.807) is 26.2 Å². The molecule has 0 radical (unpaired) electrons. The van der Waals surface area contributed by atoms with Crippen LogP contribution in [0, 0.1) is 17.0 Å². The van der Waals surface area contributed by atoms with Crippen molar-refractivity contribution in [3.63, 3.8) is 0 Å². The normalized spacial score (nSPS) is 10.5. The summed E-state index contributed by atoms with van der Waals surface area (Å²) in [4.78, 5) is 22.9. The standard InChI is InChI=1S/C12H14N2O3/c1-9-4-6-11(14(16)17)8-10(9)5-7-12(15)13(2)3/h4-8H,1-3H3/b7-5+. The van der Waals surface area contributed by atoms with Gasteiger partial charge in [0.25, 0.3) is 5.69 Å². The van der Waals surface area contributed by atoms with Crippen LogP contribution in [0.3, 0.4) is 0 Å². The Kier molecular flexibility index (Phi) is 3.98. The third-order valence-electron chi connectivity index (χ3n) is 2.32. The van der Waals surface area contributed by atoms with Gasteiger partial charge < -0.3 is 4.90 Å². The van der Waals surface area contributed by atoms with Crippen LogP contribution in [0.1, 0.15) is 11.1 Å². The van der Waals surface area contributed by atoms with Crippen LogP contribution >= 0.6 is 0 Å². The van der Waals surface area contributed by atoms with Gasteiger partial charge in [-0.15, -0.1) is 0 Å². The maximum atomic E-state index is 11.4. The predicted octanol–water partition coefficient (Wildman–Crippen LogP) is 2.00. The molecular formula is C12H14N2O3. The van der Waals surface area contributed by atoms with Crippen LogP contribution in [0.2, 0.25) is 0 Å². The number of aryl methyl sites for hydroxylation is 1. The minimum atomic E-state index is -0.454. The number of hydrogen-bond donors (Lipinski definition) is 0. The summed E-state index contributed by atoms with van der Waals surface area (Å²) < 4.78 is 0. The highest BCUT2D eigenvalue weighted by Gasteiger charge is 2.07. The van der Waals surface area contributed by atoms with Crippen molar-refractivity contribution in [2.45, 2.75) is 6.92 Å². The molecule has 0 aliphatic rings. The van der Waals surface area contributed by atoms with Gasteiger partial charge in [0.1, 0.15) is 0 Å². The number of carbonyl (C=O) groups is 1.